The van der Waals surface area contributed by atoms with Crippen LogP contribution in [0.3, 0.4) is 0 Å². The molecule has 3 amide bonds. The van der Waals surface area contributed by atoms with Crippen molar-refractivity contribution in [2.45, 2.75) is 52.1 Å². The van der Waals surface area contributed by atoms with Gasteiger partial charge in [-0.3, -0.25) is 4.79 Å². The number of nitrogens with two attached hydrogens (primary N) is 1. The Morgan fingerprint density at radius 1 is 1.29 bits per heavy atom. The standard InChI is InChI=1S/C18H28N4O2/c1-11-5-6-13(16(23)20-10-14(19)12-7-8-12)9-15(11)21-17(24)22-18(2,3)4/h5-6,9,12,14H,7-8,10,19H2,1-4H3,(H,20,23)(H2,21,22,24). The van der Waals surface area contributed by atoms with Crippen molar-refractivity contribution >= 4 is 17.6 Å². The third-order valence-corrected chi connectivity index (χ3v) is 3.96. The molecule has 132 valence electrons. The average molecular weight is 332 g/mol. The van der Waals surface area contributed by atoms with E-state index >= 15 is 0 Å². The Bertz CT molecular complexity index is 618. The molecular formula is C18H28N4O2. The van der Waals surface area contributed by atoms with Crippen molar-refractivity contribution in [3.63, 3.8) is 0 Å². The number of benzene rings is 1. The highest BCUT2D eigenvalue weighted by atomic mass is 16.2. The van der Waals surface area contributed by atoms with E-state index in [2.05, 4.69) is 16.0 Å². The molecule has 1 fully saturated rings. The summed E-state index contributed by atoms with van der Waals surface area (Å²) in [6.07, 6.45) is 2.30. The van der Waals surface area contributed by atoms with Gasteiger partial charge in [0.25, 0.3) is 5.91 Å². The lowest BCUT2D eigenvalue weighted by Crippen LogP contribution is -2.43. The van der Waals surface area contributed by atoms with Crippen molar-refractivity contribution in [1.82, 2.24) is 10.6 Å². The zero-order valence-electron chi connectivity index (χ0n) is 14.9. The fourth-order valence-corrected chi connectivity index (χ4v) is 2.40. The molecule has 6 nitrogen and oxygen atoms in total. The molecule has 0 aliphatic heterocycles. The average Bonchev–Trinajstić information content (AvgIpc) is 3.29. The van der Waals surface area contributed by atoms with E-state index < -0.39 is 0 Å². The predicted octanol–water partition coefficient (Wildman–Crippen LogP) is 2.38. The summed E-state index contributed by atoms with van der Waals surface area (Å²) in [5.41, 5.74) is 7.70. The lowest BCUT2D eigenvalue weighted by molar-refractivity contribution is 0.0950. The third kappa shape index (κ3) is 5.53. The van der Waals surface area contributed by atoms with E-state index in [-0.39, 0.29) is 23.5 Å². The van der Waals surface area contributed by atoms with E-state index in [1.165, 1.54) is 0 Å². The quantitative estimate of drug-likeness (QED) is 0.666. The first-order valence-electron chi connectivity index (χ1n) is 8.39. The van der Waals surface area contributed by atoms with Crippen LogP contribution in [0, 0.1) is 12.8 Å². The maximum Gasteiger partial charge on any atom is 0.319 e. The number of carbonyl (C=O) groups excluding carboxylic acids is 2. The van der Waals surface area contributed by atoms with Crippen LogP contribution in [0.15, 0.2) is 18.2 Å². The van der Waals surface area contributed by atoms with Gasteiger partial charge in [-0.2, -0.15) is 0 Å². The molecule has 0 aromatic heterocycles. The number of hydrogen-bond acceptors (Lipinski definition) is 3. The van der Waals surface area contributed by atoms with Crippen LogP contribution in [0.4, 0.5) is 10.5 Å². The molecule has 0 saturated heterocycles. The van der Waals surface area contributed by atoms with Crippen molar-refractivity contribution in [2.24, 2.45) is 11.7 Å². The van der Waals surface area contributed by atoms with Crippen molar-refractivity contribution in [1.29, 1.82) is 0 Å². The third-order valence-electron chi connectivity index (χ3n) is 3.96. The van der Waals surface area contributed by atoms with Gasteiger partial charge in [-0.1, -0.05) is 6.07 Å². The van der Waals surface area contributed by atoms with Crippen molar-refractivity contribution in [3.8, 4) is 0 Å². The van der Waals surface area contributed by atoms with Crippen LogP contribution in [-0.2, 0) is 0 Å². The Labute approximate surface area is 143 Å². The summed E-state index contributed by atoms with van der Waals surface area (Å²) in [7, 11) is 0. The van der Waals surface area contributed by atoms with Gasteiger partial charge in [-0.25, -0.2) is 4.79 Å². The Morgan fingerprint density at radius 3 is 2.54 bits per heavy atom. The molecule has 1 atom stereocenters. The molecule has 0 heterocycles. The van der Waals surface area contributed by atoms with Gasteiger partial charge in [-0.15, -0.1) is 0 Å². The number of carbonyl (C=O) groups is 2. The van der Waals surface area contributed by atoms with Crippen LogP contribution in [0.2, 0.25) is 0 Å². The number of hydrogen-bond donors (Lipinski definition) is 4. The molecule has 2 rings (SSSR count). The van der Waals surface area contributed by atoms with E-state index in [9.17, 15) is 9.59 Å². The number of anilines is 1. The first-order chi connectivity index (χ1) is 11.2. The minimum atomic E-state index is -0.327. The summed E-state index contributed by atoms with van der Waals surface area (Å²) >= 11 is 0. The largest absolute Gasteiger partial charge is 0.350 e. The maximum atomic E-state index is 12.3. The SMILES string of the molecule is Cc1ccc(C(=O)NCC(N)C2CC2)cc1NC(=O)NC(C)(C)C. The fraction of sp³-hybridized carbons (Fsp3) is 0.556. The second-order valence-corrected chi connectivity index (χ2v) is 7.57. The minimum Gasteiger partial charge on any atom is -0.350 e. The number of rotatable bonds is 5. The Morgan fingerprint density at radius 2 is 1.96 bits per heavy atom. The molecule has 5 N–H and O–H groups in total. The van der Waals surface area contributed by atoms with Crippen LogP contribution in [0.25, 0.3) is 0 Å². The van der Waals surface area contributed by atoms with Gasteiger partial charge in [0.05, 0.1) is 0 Å². The first-order valence-corrected chi connectivity index (χ1v) is 8.39. The molecule has 0 bridgehead atoms. The zero-order chi connectivity index (χ0) is 17.9. The molecule has 24 heavy (non-hydrogen) atoms. The maximum absolute atomic E-state index is 12.3. The normalized spacial score (nSPS) is 15.5. The van der Waals surface area contributed by atoms with E-state index in [1.807, 2.05) is 33.8 Å². The van der Waals surface area contributed by atoms with Crippen molar-refractivity contribution in [3.05, 3.63) is 29.3 Å². The highest BCUT2D eigenvalue weighted by Crippen LogP contribution is 2.31. The van der Waals surface area contributed by atoms with Crippen LogP contribution in [-0.4, -0.2) is 30.1 Å². The van der Waals surface area contributed by atoms with Crippen molar-refractivity contribution < 1.29 is 9.59 Å². The van der Waals surface area contributed by atoms with Crippen LogP contribution >= 0.6 is 0 Å². The smallest absolute Gasteiger partial charge is 0.319 e. The van der Waals surface area contributed by atoms with Crippen molar-refractivity contribution in [2.75, 3.05) is 11.9 Å². The van der Waals surface area contributed by atoms with E-state index in [0.29, 0.717) is 23.7 Å². The molecule has 1 aliphatic carbocycles. The fourth-order valence-electron chi connectivity index (χ4n) is 2.40. The number of aryl methyl sites for hydroxylation is 1. The monoisotopic (exact) mass is 332 g/mol. The summed E-state index contributed by atoms with van der Waals surface area (Å²) in [5, 5.41) is 8.50. The van der Waals surface area contributed by atoms with Crippen LogP contribution in [0.1, 0.15) is 49.5 Å². The van der Waals surface area contributed by atoms with Gasteiger partial charge in [0.1, 0.15) is 0 Å². The van der Waals surface area contributed by atoms with Gasteiger partial charge < -0.3 is 21.7 Å². The van der Waals surface area contributed by atoms with E-state index in [0.717, 1.165) is 18.4 Å². The molecule has 1 aliphatic rings. The predicted molar refractivity (Wildman–Crippen MR) is 96.1 cm³/mol. The topological polar surface area (TPSA) is 96.2 Å². The molecular weight excluding hydrogens is 304 g/mol. The van der Waals surface area contributed by atoms with E-state index in [1.54, 1.807) is 12.1 Å². The lowest BCUT2D eigenvalue weighted by atomic mass is 10.1. The highest BCUT2D eigenvalue weighted by molar-refractivity contribution is 5.97. The van der Waals surface area contributed by atoms with Gasteiger partial charge >= 0.3 is 6.03 Å². The summed E-state index contributed by atoms with van der Waals surface area (Å²) in [6, 6.07) is 4.99. The minimum absolute atomic E-state index is 0.0227. The number of urea groups is 1. The van der Waals surface area contributed by atoms with Gasteiger partial charge in [0.15, 0.2) is 0 Å². The molecule has 0 radical (unpaired) electrons. The molecule has 1 saturated carbocycles. The van der Waals surface area contributed by atoms with Gasteiger partial charge in [-0.05, 0) is 64.2 Å². The Kier molecular flexibility index (Phi) is 5.49. The second kappa shape index (κ2) is 7.21. The van der Waals surface area contributed by atoms with E-state index in [4.69, 9.17) is 5.73 Å². The molecule has 1 aromatic rings. The summed E-state index contributed by atoms with van der Waals surface area (Å²) < 4.78 is 0. The molecule has 0 spiro atoms. The number of nitrogens with one attached hydrogen (secondary N) is 3. The zero-order valence-corrected chi connectivity index (χ0v) is 14.9. The summed E-state index contributed by atoms with van der Waals surface area (Å²) in [5.74, 6) is 0.368. The molecule has 1 unspecified atom stereocenters. The Balaban J connectivity index is 1.98. The lowest BCUT2D eigenvalue weighted by Gasteiger charge is -2.21. The van der Waals surface area contributed by atoms with Gasteiger partial charge in [0, 0.05) is 29.4 Å². The first kappa shape index (κ1) is 18.3. The highest BCUT2D eigenvalue weighted by Gasteiger charge is 2.28. The Hall–Kier alpha value is -2.08. The van der Waals surface area contributed by atoms with Crippen LogP contribution in [0.5, 0.6) is 0 Å². The second-order valence-electron chi connectivity index (χ2n) is 7.57. The molecule has 1 aromatic carbocycles. The summed E-state index contributed by atoms with van der Waals surface area (Å²) in [4.78, 5) is 24.3. The summed E-state index contributed by atoms with van der Waals surface area (Å²) in [6.45, 7) is 8.09. The number of amides is 3. The van der Waals surface area contributed by atoms with Crippen LogP contribution < -0.4 is 21.7 Å². The molecule has 6 heteroatoms. The van der Waals surface area contributed by atoms with Gasteiger partial charge in [0.2, 0.25) is 0 Å².